The Kier molecular flexibility index (Phi) is 11.4. The number of rotatable bonds is 6. The first-order valence-corrected chi connectivity index (χ1v) is 20.9. The molecular formula is C41H55N3O7S. The molecule has 1 unspecified atom stereocenters. The predicted octanol–water partition coefficient (Wildman–Crippen LogP) is 6.47. The second-order valence-corrected chi connectivity index (χ2v) is 17.7. The smallest absolute Gasteiger partial charge is 0.286 e. The number of ether oxygens (including phenoxy) is 4. The van der Waals surface area contributed by atoms with Gasteiger partial charge in [0.25, 0.3) is 11.8 Å². The van der Waals surface area contributed by atoms with Crippen molar-refractivity contribution in [2.45, 2.75) is 101 Å². The first-order valence-electron chi connectivity index (χ1n) is 19.3. The third kappa shape index (κ3) is 7.84. The van der Waals surface area contributed by atoms with Gasteiger partial charge in [-0.05, 0) is 112 Å². The number of carbonyl (C=O) groups excluding carboxylic acids is 2. The molecule has 3 aliphatic heterocycles. The Morgan fingerprint density at radius 3 is 2.73 bits per heavy atom. The van der Waals surface area contributed by atoms with Gasteiger partial charge in [0, 0.05) is 44.4 Å². The summed E-state index contributed by atoms with van der Waals surface area (Å²) in [7, 11) is -1.74. The maximum Gasteiger partial charge on any atom is 0.286 e. The summed E-state index contributed by atoms with van der Waals surface area (Å²) in [6.07, 6.45) is 12.5. The van der Waals surface area contributed by atoms with Crippen molar-refractivity contribution in [2.24, 2.45) is 16.2 Å². The monoisotopic (exact) mass is 733 g/mol. The first-order chi connectivity index (χ1) is 25.2. The van der Waals surface area contributed by atoms with Gasteiger partial charge in [-0.1, -0.05) is 42.8 Å². The third-order valence-electron chi connectivity index (χ3n) is 12.1. The van der Waals surface area contributed by atoms with Gasteiger partial charge in [0.15, 0.2) is 0 Å². The highest BCUT2D eigenvalue weighted by atomic mass is 32.2. The lowest BCUT2D eigenvalue weighted by Crippen LogP contribution is -2.49. The van der Waals surface area contributed by atoms with Gasteiger partial charge in [0.1, 0.15) is 22.3 Å². The molecule has 1 N–H and O–H groups in total. The number of anilines is 1. The molecule has 1 saturated heterocycles. The van der Waals surface area contributed by atoms with E-state index in [9.17, 15) is 13.8 Å². The van der Waals surface area contributed by atoms with Crippen LogP contribution >= 0.6 is 0 Å². The number of hydrogen-bond acceptors (Lipinski definition) is 8. The van der Waals surface area contributed by atoms with Crippen molar-refractivity contribution in [2.75, 3.05) is 51.5 Å². The Balaban J connectivity index is 1.26. The molecule has 11 heteroatoms. The van der Waals surface area contributed by atoms with E-state index in [2.05, 4.69) is 51.3 Å². The normalized spacial score (nSPS) is 31.6. The van der Waals surface area contributed by atoms with Crippen LogP contribution in [0.15, 0.2) is 52.9 Å². The van der Waals surface area contributed by atoms with Crippen LogP contribution in [0, 0.1) is 18.8 Å². The number of methoxy groups -OCH3 is 1. The molecule has 282 valence electrons. The van der Waals surface area contributed by atoms with Crippen LogP contribution in [0.4, 0.5) is 5.69 Å². The molecule has 2 aliphatic carbocycles. The van der Waals surface area contributed by atoms with E-state index in [0.29, 0.717) is 69.3 Å². The summed E-state index contributed by atoms with van der Waals surface area (Å²) < 4.78 is 45.9. The number of amides is 2. The number of aryl methyl sites for hydroxylation is 2. The van der Waals surface area contributed by atoms with E-state index in [-0.39, 0.29) is 24.2 Å². The summed E-state index contributed by atoms with van der Waals surface area (Å²) in [5.74, 6) is 0.356. The van der Waals surface area contributed by atoms with Crippen molar-refractivity contribution in [3.63, 3.8) is 0 Å². The molecule has 2 aromatic rings. The molecule has 0 aromatic heterocycles. The molecule has 2 aromatic carbocycles. The van der Waals surface area contributed by atoms with E-state index in [1.165, 1.54) is 16.7 Å². The van der Waals surface area contributed by atoms with Gasteiger partial charge in [-0.15, -0.1) is 4.36 Å². The van der Waals surface area contributed by atoms with Crippen LogP contribution in [0.2, 0.25) is 0 Å². The molecule has 3 heterocycles. The zero-order valence-electron chi connectivity index (χ0n) is 31.0. The summed E-state index contributed by atoms with van der Waals surface area (Å²) in [5, 5.41) is -0.547. The number of carbonyl (C=O) groups is 2. The minimum atomic E-state index is -3.53. The lowest BCUT2D eigenvalue weighted by molar-refractivity contribution is -0.128. The van der Waals surface area contributed by atoms with Gasteiger partial charge in [0.05, 0.1) is 29.8 Å². The second kappa shape index (κ2) is 16.0. The Morgan fingerprint density at radius 1 is 1.12 bits per heavy atom. The SMILES string of the molecule is CC[C@@H]1CC/C=C/[C@H](OC)[C@@H]2CC[C@H]2CN2C[C@@]3(CCCc4cc(C)ccc43)COc3ccc(cc32)C(=O)N=S1(=O)NC(=O)COC1CCOCC1. The van der Waals surface area contributed by atoms with E-state index in [4.69, 9.17) is 18.9 Å². The number of nitrogens with zero attached hydrogens (tertiary/aromatic N) is 2. The topological polar surface area (TPSA) is 116 Å². The predicted molar refractivity (Wildman–Crippen MR) is 202 cm³/mol. The second-order valence-electron chi connectivity index (χ2n) is 15.5. The number of benzene rings is 2. The van der Waals surface area contributed by atoms with Crippen LogP contribution in [0.1, 0.15) is 91.8 Å². The van der Waals surface area contributed by atoms with Crippen molar-refractivity contribution in [1.82, 2.24) is 4.72 Å². The molecule has 52 heavy (non-hydrogen) atoms. The lowest BCUT2D eigenvalue weighted by Gasteiger charge is -2.46. The molecule has 5 aliphatic rings. The van der Waals surface area contributed by atoms with Crippen molar-refractivity contribution >= 4 is 27.4 Å². The zero-order chi connectivity index (χ0) is 36.3. The molecule has 0 radical (unpaired) electrons. The molecule has 6 atom stereocenters. The molecular weight excluding hydrogens is 679 g/mol. The molecule has 10 nitrogen and oxygen atoms in total. The van der Waals surface area contributed by atoms with E-state index in [0.717, 1.165) is 56.6 Å². The largest absolute Gasteiger partial charge is 0.490 e. The summed E-state index contributed by atoms with van der Waals surface area (Å²) in [4.78, 5) is 29.8. The summed E-state index contributed by atoms with van der Waals surface area (Å²) >= 11 is 0. The highest BCUT2D eigenvalue weighted by Crippen LogP contribution is 2.47. The van der Waals surface area contributed by atoms with Crippen LogP contribution < -0.4 is 14.4 Å². The average Bonchev–Trinajstić information content (AvgIpc) is 3.28. The number of hydrogen-bond donors (Lipinski definition) is 1. The molecule has 7 rings (SSSR count). The molecule has 2 amide bonds. The molecule has 2 fully saturated rings. The van der Waals surface area contributed by atoms with Crippen molar-refractivity contribution in [3.05, 3.63) is 70.8 Å². The standard InChI is InChI=1S/C41H55N3O7S/c1-4-33-9-5-6-10-37(48-3)34-14-12-31(34)24-44-26-41(19-7-8-29-22-28(2)11-15-35(29)41)27-51-38-16-13-30(23-36(38)44)40(46)43-52(33,47)42-39(45)25-50-32-17-20-49-21-18-32/h6,10-11,13,15-16,22-23,31-34,37H,4-5,7-9,12,14,17-21,24-27H2,1-3H3,(H,42,43,45,46,47)/b10-6+/t31-,33+,34+,37-,41-,52?/m0/s1. The van der Waals surface area contributed by atoms with E-state index < -0.39 is 27.0 Å². The zero-order valence-corrected chi connectivity index (χ0v) is 31.8. The fourth-order valence-corrected chi connectivity index (χ4v) is 11.0. The van der Waals surface area contributed by atoms with Gasteiger partial charge in [0.2, 0.25) is 0 Å². The lowest BCUT2D eigenvalue weighted by atomic mass is 9.68. The van der Waals surface area contributed by atoms with Gasteiger partial charge in [-0.2, -0.15) is 0 Å². The Hall–Kier alpha value is -3.25. The number of nitrogens with one attached hydrogen (secondary N) is 1. The Labute approximate surface area is 309 Å². The Morgan fingerprint density at radius 2 is 1.96 bits per heavy atom. The summed E-state index contributed by atoms with van der Waals surface area (Å²) in [6.45, 7) is 7.11. The number of fused-ring (bicyclic) bond motifs is 4. The van der Waals surface area contributed by atoms with Crippen LogP contribution in [0.3, 0.4) is 0 Å². The average molecular weight is 734 g/mol. The number of allylic oxidation sites excluding steroid dienone is 1. The fourth-order valence-electron chi connectivity index (χ4n) is 9.03. The molecule has 1 spiro atoms. The summed E-state index contributed by atoms with van der Waals surface area (Å²) in [5.41, 5.74) is 5.01. The van der Waals surface area contributed by atoms with Crippen LogP contribution in [-0.2, 0) is 40.8 Å². The maximum absolute atomic E-state index is 14.8. The molecule has 2 bridgehead atoms. The van der Waals surface area contributed by atoms with Gasteiger partial charge in [-0.25, -0.2) is 4.21 Å². The van der Waals surface area contributed by atoms with E-state index in [1.54, 1.807) is 13.2 Å². The van der Waals surface area contributed by atoms with Crippen molar-refractivity contribution < 1.29 is 32.7 Å². The van der Waals surface area contributed by atoms with Crippen LogP contribution in [0.25, 0.3) is 0 Å². The highest BCUT2D eigenvalue weighted by Gasteiger charge is 2.44. The highest BCUT2D eigenvalue weighted by molar-refractivity contribution is 7.93. The van der Waals surface area contributed by atoms with Crippen molar-refractivity contribution in [1.29, 1.82) is 0 Å². The minimum Gasteiger partial charge on any atom is -0.490 e. The van der Waals surface area contributed by atoms with Gasteiger partial charge < -0.3 is 23.8 Å². The third-order valence-corrected chi connectivity index (χ3v) is 14.5. The van der Waals surface area contributed by atoms with Gasteiger partial charge >= 0.3 is 0 Å². The fraction of sp³-hybridized carbons (Fsp3) is 0.610. The maximum atomic E-state index is 14.8. The first kappa shape index (κ1) is 37.1. The van der Waals surface area contributed by atoms with E-state index in [1.807, 2.05) is 19.1 Å². The van der Waals surface area contributed by atoms with Crippen molar-refractivity contribution in [3.8, 4) is 5.75 Å². The van der Waals surface area contributed by atoms with Crippen LogP contribution in [0.5, 0.6) is 5.75 Å². The summed E-state index contributed by atoms with van der Waals surface area (Å²) in [6, 6.07) is 12.3. The van der Waals surface area contributed by atoms with E-state index >= 15 is 0 Å². The van der Waals surface area contributed by atoms with Gasteiger partial charge in [-0.3, -0.25) is 14.3 Å². The Bertz CT molecular complexity index is 1780. The van der Waals surface area contributed by atoms with Crippen LogP contribution in [-0.4, -0.2) is 80.1 Å². The minimum absolute atomic E-state index is 0.0363. The quantitative estimate of drug-likeness (QED) is 0.336. The molecule has 1 saturated carbocycles.